The van der Waals surface area contributed by atoms with Crippen LogP contribution in [0.4, 0.5) is 0 Å². The first kappa shape index (κ1) is 22.2. The van der Waals surface area contributed by atoms with Crippen LogP contribution in [0.5, 0.6) is 0 Å². The zero-order valence-corrected chi connectivity index (χ0v) is 18.2. The molecule has 1 fully saturated rings. The van der Waals surface area contributed by atoms with Gasteiger partial charge in [0, 0.05) is 5.56 Å². The number of Topliss-reactive ketones (excluding diaryl/α,β-unsaturated/α-hetero) is 1. The Morgan fingerprint density at radius 1 is 0.882 bits per heavy atom. The average Bonchev–Trinajstić information content (AvgIpc) is 3.52. The molecule has 9 nitrogen and oxygen atoms in total. The van der Waals surface area contributed by atoms with E-state index < -0.39 is 36.8 Å². The van der Waals surface area contributed by atoms with Gasteiger partial charge in [-0.05, 0) is 53.9 Å². The minimum Gasteiger partial charge on any atom is -0.456 e. The van der Waals surface area contributed by atoms with E-state index in [1.54, 1.807) is 18.2 Å². The number of aliphatic hydroxyl groups excluding tert-OH is 3. The molecule has 9 heteroatoms. The number of aliphatic hydroxyl groups is 3. The van der Waals surface area contributed by atoms with E-state index in [0.717, 1.165) is 22.5 Å². The van der Waals surface area contributed by atoms with Gasteiger partial charge >= 0.3 is 0 Å². The number of carbonyl (C=O) groups excluding carboxylic acids is 1. The molecule has 0 saturated carbocycles. The number of carbonyl (C=O) groups is 1. The molecule has 174 valence electrons. The second-order valence-corrected chi connectivity index (χ2v) is 8.09. The number of furan rings is 1. The van der Waals surface area contributed by atoms with E-state index in [2.05, 4.69) is 10.2 Å². The third-order valence-corrected chi connectivity index (χ3v) is 5.78. The van der Waals surface area contributed by atoms with Crippen LogP contribution in [0.1, 0.15) is 17.4 Å². The van der Waals surface area contributed by atoms with Crippen LogP contribution in [0.2, 0.25) is 0 Å². The standard InChI is InChI=1S/C25H22N2O7/c1-13-5-10-18(32-13)25-27-26-24(34-25)15-8-6-14(7-9-15)16-3-2-4-17(11-16)23-22(31)21(30)20(29)19(12-28)33-23/h2-11,19,21-23,28,30-31H,12H2,1H3/t19-,21+,22+,23-/m1/s1. The molecule has 1 aliphatic heterocycles. The minimum absolute atomic E-state index is 0.299. The first-order chi connectivity index (χ1) is 16.4. The first-order valence-corrected chi connectivity index (χ1v) is 10.7. The molecular weight excluding hydrogens is 440 g/mol. The van der Waals surface area contributed by atoms with E-state index in [1.807, 2.05) is 49.4 Å². The highest BCUT2D eigenvalue weighted by Gasteiger charge is 2.43. The Morgan fingerprint density at radius 2 is 1.62 bits per heavy atom. The molecule has 2 aromatic carbocycles. The van der Waals surface area contributed by atoms with Gasteiger partial charge in [0.25, 0.3) is 5.89 Å². The van der Waals surface area contributed by atoms with Gasteiger partial charge in [-0.1, -0.05) is 30.3 Å². The summed E-state index contributed by atoms with van der Waals surface area (Å²) in [4.78, 5) is 11.9. The second-order valence-electron chi connectivity index (χ2n) is 8.09. The third-order valence-electron chi connectivity index (χ3n) is 5.78. The van der Waals surface area contributed by atoms with Crippen molar-refractivity contribution < 1.29 is 33.7 Å². The molecule has 0 radical (unpaired) electrons. The fourth-order valence-electron chi connectivity index (χ4n) is 3.95. The zero-order valence-electron chi connectivity index (χ0n) is 18.2. The predicted molar refractivity (Wildman–Crippen MR) is 119 cm³/mol. The zero-order chi connectivity index (χ0) is 23.8. The molecule has 0 aliphatic carbocycles. The molecule has 34 heavy (non-hydrogen) atoms. The molecule has 2 aromatic heterocycles. The van der Waals surface area contributed by atoms with Crippen LogP contribution in [0, 0.1) is 6.92 Å². The maximum atomic E-state index is 11.9. The summed E-state index contributed by atoms with van der Waals surface area (Å²) in [6.07, 6.45) is -5.19. The number of benzene rings is 2. The van der Waals surface area contributed by atoms with E-state index in [-0.39, 0.29) is 0 Å². The van der Waals surface area contributed by atoms with Crippen LogP contribution >= 0.6 is 0 Å². The van der Waals surface area contributed by atoms with E-state index in [1.165, 1.54) is 0 Å². The summed E-state index contributed by atoms with van der Waals surface area (Å²) in [5.74, 6) is 1.18. The highest BCUT2D eigenvalue weighted by molar-refractivity contribution is 5.88. The quantitative estimate of drug-likeness (QED) is 0.408. The van der Waals surface area contributed by atoms with Gasteiger partial charge in [0.05, 0.1) is 6.61 Å². The first-order valence-electron chi connectivity index (χ1n) is 10.7. The number of hydrogen-bond donors (Lipinski definition) is 3. The van der Waals surface area contributed by atoms with E-state index in [9.17, 15) is 20.1 Å². The molecule has 1 aliphatic rings. The number of hydrogen-bond acceptors (Lipinski definition) is 9. The van der Waals surface area contributed by atoms with Gasteiger partial charge in [-0.25, -0.2) is 0 Å². The smallest absolute Gasteiger partial charge is 0.283 e. The van der Waals surface area contributed by atoms with Gasteiger partial charge in [0.1, 0.15) is 30.2 Å². The van der Waals surface area contributed by atoms with Crippen molar-refractivity contribution in [2.75, 3.05) is 6.61 Å². The molecule has 0 amide bonds. The Kier molecular flexibility index (Phi) is 5.84. The lowest BCUT2D eigenvalue weighted by molar-refractivity contribution is -0.188. The van der Waals surface area contributed by atoms with Crippen molar-refractivity contribution in [1.29, 1.82) is 0 Å². The Bertz CT molecular complexity index is 1310. The van der Waals surface area contributed by atoms with Gasteiger partial charge in [-0.2, -0.15) is 0 Å². The van der Waals surface area contributed by atoms with Crippen LogP contribution in [0.3, 0.4) is 0 Å². The Balaban J connectivity index is 1.38. The molecule has 0 spiro atoms. The number of aryl methyl sites for hydroxylation is 1. The Hall–Kier alpha value is -3.63. The molecule has 0 unspecified atom stereocenters. The summed E-state index contributed by atoms with van der Waals surface area (Å²) < 4.78 is 16.8. The molecule has 3 N–H and O–H groups in total. The summed E-state index contributed by atoms with van der Waals surface area (Å²) in [5, 5.41) is 38.0. The van der Waals surface area contributed by atoms with E-state index in [0.29, 0.717) is 23.1 Å². The van der Waals surface area contributed by atoms with E-state index in [4.69, 9.17) is 13.6 Å². The number of ketones is 1. The van der Waals surface area contributed by atoms with Crippen molar-refractivity contribution in [2.45, 2.75) is 31.3 Å². The molecule has 5 rings (SSSR count). The van der Waals surface area contributed by atoms with Gasteiger partial charge in [-0.3, -0.25) is 4.79 Å². The van der Waals surface area contributed by atoms with Crippen LogP contribution in [0.25, 0.3) is 34.2 Å². The lowest BCUT2D eigenvalue weighted by atomic mass is 9.91. The summed E-state index contributed by atoms with van der Waals surface area (Å²) in [6.45, 7) is 1.26. The number of ether oxygens (including phenoxy) is 1. The normalized spacial score (nSPS) is 22.8. The van der Waals surface area contributed by atoms with Crippen LogP contribution in [-0.4, -0.2) is 56.2 Å². The number of rotatable bonds is 5. The molecular formula is C25H22N2O7. The highest BCUT2D eigenvalue weighted by Crippen LogP contribution is 2.33. The molecule has 4 atom stereocenters. The average molecular weight is 462 g/mol. The van der Waals surface area contributed by atoms with Crippen molar-refractivity contribution in [3.63, 3.8) is 0 Å². The predicted octanol–water partition coefficient (Wildman–Crippen LogP) is 2.70. The van der Waals surface area contributed by atoms with Crippen LogP contribution in [-0.2, 0) is 9.53 Å². The van der Waals surface area contributed by atoms with Crippen LogP contribution < -0.4 is 0 Å². The van der Waals surface area contributed by atoms with Gasteiger partial charge in [0.2, 0.25) is 5.89 Å². The lowest BCUT2D eigenvalue weighted by Crippen LogP contribution is -2.52. The Labute approximate surface area is 194 Å². The molecule has 4 aromatic rings. The van der Waals surface area contributed by atoms with E-state index >= 15 is 0 Å². The summed E-state index contributed by atoms with van der Waals surface area (Å²) in [7, 11) is 0. The maximum Gasteiger partial charge on any atom is 0.283 e. The largest absolute Gasteiger partial charge is 0.456 e. The second kappa shape index (κ2) is 8.96. The monoisotopic (exact) mass is 462 g/mol. The fraction of sp³-hybridized carbons (Fsp3) is 0.240. The number of nitrogens with zero attached hydrogens (tertiary/aromatic N) is 2. The lowest BCUT2D eigenvalue weighted by Gasteiger charge is -2.35. The van der Waals surface area contributed by atoms with Gasteiger partial charge in [-0.15, -0.1) is 10.2 Å². The Morgan fingerprint density at radius 3 is 2.32 bits per heavy atom. The van der Waals surface area contributed by atoms with Crippen molar-refractivity contribution in [3.05, 3.63) is 72.0 Å². The topological polar surface area (TPSA) is 139 Å². The van der Waals surface area contributed by atoms with Crippen molar-refractivity contribution in [1.82, 2.24) is 10.2 Å². The van der Waals surface area contributed by atoms with Gasteiger partial charge in [0.15, 0.2) is 11.5 Å². The summed E-state index contributed by atoms with van der Waals surface area (Å²) in [5.41, 5.74) is 3.03. The SMILES string of the molecule is Cc1ccc(-c2nnc(-c3ccc(-c4cccc([C@H]5O[C@H](CO)C(=O)[C@H](O)[C@@H]5O)c4)cc3)o2)o1. The fourth-order valence-corrected chi connectivity index (χ4v) is 3.95. The molecule has 1 saturated heterocycles. The highest BCUT2D eigenvalue weighted by atomic mass is 16.5. The molecule has 0 bridgehead atoms. The van der Waals surface area contributed by atoms with Crippen LogP contribution in [0.15, 0.2) is 69.5 Å². The summed E-state index contributed by atoms with van der Waals surface area (Å²) >= 11 is 0. The van der Waals surface area contributed by atoms with Crippen molar-refractivity contribution in [2.24, 2.45) is 0 Å². The maximum absolute atomic E-state index is 11.9. The summed E-state index contributed by atoms with van der Waals surface area (Å²) in [6, 6.07) is 18.3. The third kappa shape index (κ3) is 4.06. The number of aromatic nitrogens is 2. The van der Waals surface area contributed by atoms with Gasteiger partial charge < -0.3 is 28.9 Å². The minimum atomic E-state index is -1.62. The molecule has 3 heterocycles. The van der Waals surface area contributed by atoms with Crippen molar-refractivity contribution in [3.8, 4) is 34.2 Å². The van der Waals surface area contributed by atoms with Crippen molar-refractivity contribution >= 4 is 5.78 Å².